The van der Waals surface area contributed by atoms with Gasteiger partial charge < -0.3 is 14.2 Å². The minimum Gasteiger partial charge on any atom is -0.497 e. The second-order valence-corrected chi connectivity index (χ2v) is 8.69. The third kappa shape index (κ3) is 6.66. The lowest BCUT2D eigenvalue weighted by Gasteiger charge is -2.28. The van der Waals surface area contributed by atoms with Gasteiger partial charge in [0.05, 0.1) is 31.9 Å². The highest BCUT2D eigenvalue weighted by Crippen LogP contribution is 2.32. The summed E-state index contributed by atoms with van der Waals surface area (Å²) in [5.41, 5.74) is 2.32. The molecular formula is C24H28FN3O3S. The average Bonchev–Trinajstić information content (AvgIpc) is 2.81. The lowest BCUT2D eigenvalue weighted by Crippen LogP contribution is -2.24. The summed E-state index contributed by atoms with van der Waals surface area (Å²) in [5, 5.41) is -0.0121. The van der Waals surface area contributed by atoms with Crippen molar-refractivity contribution in [3.8, 4) is 11.5 Å². The van der Waals surface area contributed by atoms with Gasteiger partial charge in [-0.1, -0.05) is 36.2 Å². The highest BCUT2D eigenvalue weighted by molar-refractivity contribution is 7.97. The Balaban J connectivity index is 1.78. The van der Waals surface area contributed by atoms with Crippen molar-refractivity contribution in [1.29, 1.82) is 0 Å². The highest BCUT2D eigenvalue weighted by Gasteiger charge is 2.25. The van der Waals surface area contributed by atoms with Gasteiger partial charge in [0, 0.05) is 20.2 Å². The fraction of sp³-hybridized carbons (Fsp3) is 0.333. The van der Waals surface area contributed by atoms with Gasteiger partial charge in [-0.2, -0.15) is 0 Å². The van der Waals surface area contributed by atoms with Gasteiger partial charge in [0.25, 0.3) is 0 Å². The number of nitrogens with zero attached hydrogens (tertiary/aromatic N) is 3. The quantitative estimate of drug-likeness (QED) is 0.373. The van der Waals surface area contributed by atoms with Crippen LogP contribution < -0.4 is 9.47 Å². The Morgan fingerprint density at radius 3 is 1.72 bits per heavy atom. The Morgan fingerprint density at radius 1 is 0.844 bits per heavy atom. The SMILES string of the molecule is COc1ccc(CN(Cc2ccc(OC)cc2)SC(C)C(OC)c2ncc(F)cn2)cc1. The molecule has 0 fully saturated rings. The maximum atomic E-state index is 13.3. The van der Waals surface area contributed by atoms with E-state index in [4.69, 9.17) is 14.2 Å². The zero-order valence-electron chi connectivity index (χ0n) is 18.7. The second kappa shape index (κ2) is 11.8. The van der Waals surface area contributed by atoms with Crippen LogP contribution in [0.25, 0.3) is 0 Å². The zero-order valence-corrected chi connectivity index (χ0v) is 19.5. The third-order valence-electron chi connectivity index (χ3n) is 4.93. The molecular weight excluding hydrogens is 429 g/mol. The summed E-state index contributed by atoms with van der Waals surface area (Å²) in [6.45, 7) is 3.48. The molecule has 2 unspecified atom stereocenters. The zero-order chi connectivity index (χ0) is 22.9. The lowest BCUT2D eigenvalue weighted by atomic mass is 10.2. The molecule has 0 spiro atoms. The fourth-order valence-corrected chi connectivity index (χ4v) is 4.53. The molecule has 0 aliphatic rings. The predicted molar refractivity (Wildman–Crippen MR) is 124 cm³/mol. The van der Waals surface area contributed by atoms with Crippen LogP contribution in [0.2, 0.25) is 0 Å². The van der Waals surface area contributed by atoms with Gasteiger partial charge in [-0.15, -0.1) is 0 Å². The third-order valence-corrected chi connectivity index (χ3v) is 6.06. The second-order valence-electron chi connectivity index (χ2n) is 7.22. The molecule has 2 aromatic carbocycles. The van der Waals surface area contributed by atoms with E-state index in [2.05, 4.69) is 45.5 Å². The number of methoxy groups -OCH3 is 3. The molecule has 170 valence electrons. The van der Waals surface area contributed by atoms with Crippen molar-refractivity contribution in [2.45, 2.75) is 31.4 Å². The predicted octanol–water partition coefficient (Wildman–Crippen LogP) is 5.06. The molecule has 0 N–H and O–H groups in total. The number of hydrogen-bond donors (Lipinski definition) is 0. The molecule has 3 rings (SSSR count). The largest absolute Gasteiger partial charge is 0.497 e. The van der Waals surface area contributed by atoms with E-state index in [0.29, 0.717) is 18.9 Å². The molecule has 6 nitrogen and oxygen atoms in total. The van der Waals surface area contributed by atoms with Crippen molar-refractivity contribution in [3.05, 3.63) is 83.7 Å². The number of aromatic nitrogens is 2. The Labute approximate surface area is 192 Å². The normalized spacial score (nSPS) is 13.1. The van der Waals surface area contributed by atoms with Gasteiger partial charge in [-0.3, -0.25) is 0 Å². The molecule has 1 aromatic heterocycles. The van der Waals surface area contributed by atoms with Crippen molar-refractivity contribution < 1.29 is 18.6 Å². The molecule has 0 aliphatic heterocycles. The minimum atomic E-state index is -0.468. The fourth-order valence-electron chi connectivity index (χ4n) is 3.27. The van der Waals surface area contributed by atoms with E-state index in [1.807, 2.05) is 24.3 Å². The number of benzene rings is 2. The summed E-state index contributed by atoms with van der Waals surface area (Å²) in [5.74, 6) is 1.64. The number of ether oxygens (including phenoxy) is 3. The Hall–Kier alpha value is -2.68. The number of rotatable bonds is 11. The van der Waals surface area contributed by atoms with Crippen LogP contribution in [0.15, 0.2) is 60.9 Å². The van der Waals surface area contributed by atoms with Crippen molar-refractivity contribution >= 4 is 11.9 Å². The summed E-state index contributed by atoms with van der Waals surface area (Å²) < 4.78 is 31.7. The summed E-state index contributed by atoms with van der Waals surface area (Å²) >= 11 is 1.66. The van der Waals surface area contributed by atoms with E-state index in [-0.39, 0.29) is 11.4 Å². The van der Waals surface area contributed by atoms with Crippen LogP contribution in [0.1, 0.15) is 30.0 Å². The van der Waals surface area contributed by atoms with E-state index < -0.39 is 5.82 Å². The first kappa shape index (κ1) is 24.0. The van der Waals surface area contributed by atoms with Crippen LogP contribution in [-0.4, -0.2) is 40.9 Å². The molecule has 0 aliphatic carbocycles. The van der Waals surface area contributed by atoms with Crippen LogP contribution in [0.4, 0.5) is 4.39 Å². The average molecular weight is 458 g/mol. The van der Waals surface area contributed by atoms with Crippen LogP contribution in [-0.2, 0) is 17.8 Å². The van der Waals surface area contributed by atoms with E-state index in [1.165, 1.54) is 0 Å². The van der Waals surface area contributed by atoms with Gasteiger partial charge >= 0.3 is 0 Å². The molecule has 0 saturated heterocycles. The van der Waals surface area contributed by atoms with Crippen molar-refractivity contribution in [2.75, 3.05) is 21.3 Å². The van der Waals surface area contributed by atoms with Gasteiger partial charge in [0.2, 0.25) is 0 Å². The number of halogens is 1. The van der Waals surface area contributed by atoms with Crippen LogP contribution in [0, 0.1) is 5.82 Å². The van der Waals surface area contributed by atoms with E-state index >= 15 is 0 Å². The van der Waals surface area contributed by atoms with Crippen molar-refractivity contribution in [3.63, 3.8) is 0 Å². The van der Waals surface area contributed by atoms with Crippen molar-refractivity contribution in [1.82, 2.24) is 14.3 Å². The molecule has 2 atom stereocenters. The van der Waals surface area contributed by atoms with Gasteiger partial charge in [-0.25, -0.2) is 18.7 Å². The van der Waals surface area contributed by atoms with Gasteiger partial charge in [0.1, 0.15) is 17.6 Å². The molecule has 0 amide bonds. The molecule has 0 radical (unpaired) electrons. The molecule has 0 bridgehead atoms. The van der Waals surface area contributed by atoms with E-state index in [0.717, 1.165) is 35.0 Å². The van der Waals surface area contributed by atoms with E-state index in [9.17, 15) is 4.39 Å². The van der Waals surface area contributed by atoms with Crippen LogP contribution >= 0.6 is 11.9 Å². The van der Waals surface area contributed by atoms with Crippen LogP contribution in [0.3, 0.4) is 0 Å². The molecule has 8 heteroatoms. The number of hydrogen-bond acceptors (Lipinski definition) is 7. The Morgan fingerprint density at radius 2 is 1.31 bits per heavy atom. The molecule has 0 saturated carbocycles. The maximum absolute atomic E-state index is 13.3. The first-order valence-electron chi connectivity index (χ1n) is 10.2. The smallest absolute Gasteiger partial charge is 0.159 e. The van der Waals surface area contributed by atoms with Crippen LogP contribution in [0.5, 0.6) is 11.5 Å². The first-order valence-corrected chi connectivity index (χ1v) is 11.0. The molecule has 3 aromatic rings. The highest BCUT2D eigenvalue weighted by atomic mass is 32.2. The lowest BCUT2D eigenvalue weighted by molar-refractivity contribution is 0.0960. The topological polar surface area (TPSA) is 56.7 Å². The summed E-state index contributed by atoms with van der Waals surface area (Å²) in [4.78, 5) is 8.23. The first-order chi connectivity index (χ1) is 15.5. The maximum Gasteiger partial charge on any atom is 0.159 e. The van der Waals surface area contributed by atoms with E-state index in [1.54, 1.807) is 33.3 Å². The molecule has 1 heterocycles. The summed E-state index contributed by atoms with van der Waals surface area (Å²) in [7, 11) is 4.93. The van der Waals surface area contributed by atoms with Gasteiger partial charge in [-0.05, 0) is 42.3 Å². The Kier molecular flexibility index (Phi) is 8.84. The van der Waals surface area contributed by atoms with Gasteiger partial charge in [0.15, 0.2) is 11.6 Å². The Bertz CT molecular complexity index is 906. The summed E-state index contributed by atoms with van der Waals surface area (Å²) in [6.07, 6.45) is 1.95. The van der Waals surface area contributed by atoms with Crippen molar-refractivity contribution in [2.24, 2.45) is 0 Å². The monoisotopic (exact) mass is 457 g/mol. The summed E-state index contributed by atoms with van der Waals surface area (Å²) in [6, 6.07) is 16.1. The molecule has 32 heavy (non-hydrogen) atoms. The minimum absolute atomic E-state index is 0.0121. The standard InChI is InChI=1S/C24H28FN3O3S/c1-17(23(31-4)24-26-13-20(25)14-27-24)32-28(15-18-5-9-21(29-2)10-6-18)16-19-7-11-22(30-3)12-8-19/h5-14,17,23H,15-16H2,1-4H3.